The maximum atomic E-state index is 12.4. The van der Waals surface area contributed by atoms with Crippen molar-refractivity contribution in [1.82, 2.24) is 9.38 Å². The standard InChI is InChI=1S/C14H16N4O3/c1-9-6-8-16(10(9)2)13-12(18(20)21)14(19)17-7-4-3-5-11(17)15-13/h3-5,7,9-10H,6,8H2,1-2H3. The third kappa shape index (κ3) is 2.05. The first kappa shape index (κ1) is 13.5. The molecule has 0 spiro atoms. The number of aromatic nitrogens is 2. The molecular weight excluding hydrogens is 272 g/mol. The summed E-state index contributed by atoms with van der Waals surface area (Å²) in [7, 11) is 0. The highest BCUT2D eigenvalue weighted by atomic mass is 16.6. The Bertz CT molecular complexity index is 770. The van der Waals surface area contributed by atoms with Crippen molar-refractivity contribution < 1.29 is 4.92 Å². The summed E-state index contributed by atoms with van der Waals surface area (Å²) in [6, 6.07) is 5.22. The number of rotatable bonds is 2. The zero-order valence-electron chi connectivity index (χ0n) is 11.9. The van der Waals surface area contributed by atoms with Gasteiger partial charge in [-0.25, -0.2) is 4.98 Å². The van der Waals surface area contributed by atoms with Crippen molar-refractivity contribution in [3.63, 3.8) is 0 Å². The van der Waals surface area contributed by atoms with Gasteiger partial charge in [0, 0.05) is 18.8 Å². The van der Waals surface area contributed by atoms with Gasteiger partial charge in [-0.3, -0.25) is 19.3 Å². The van der Waals surface area contributed by atoms with Crippen LogP contribution in [-0.4, -0.2) is 26.9 Å². The molecule has 2 aromatic heterocycles. The molecule has 1 fully saturated rings. The lowest BCUT2D eigenvalue weighted by Crippen LogP contribution is -2.33. The third-order valence-electron chi connectivity index (χ3n) is 4.29. The number of anilines is 1. The van der Waals surface area contributed by atoms with Gasteiger partial charge in [0.25, 0.3) is 0 Å². The van der Waals surface area contributed by atoms with Crippen molar-refractivity contribution in [2.45, 2.75) is 26.3 Å². The van der Waals surface area contributed by atoms with E-state index in [1.54, 1.807) is 18.2 Å². The summed E-state index contributed by atoms with van der Waals surface area (Å²) in [6.07, 6.45) is 2.44. The summed E-state index contributed by atoms with van der Waals surface area (Å²) in [5.74, 6) is 0.605. The van der Waals surface area contributed by atoms with E-state index >= 15 is 0 Å². The number of nitro groups is 1. The average Bonchev–Trinajstić information content (AvgIpc) is 2.78. The topological polar surface area (TPSA) is 80.8 Å². The van der Waals surface area contributed by atoms with Gasteiger partial charge in [0.2, 0.25) is 5.82 Å². The summed E-state index contributed by atoms with van der Waals surface area (Å²) >= 11 is 0. The van der Waals surface area contributed by atoms with Crippen LogP contribution in [0.25, 0.3) is 5.65 Å². The highest BCUT2D eigenvalue weighted by Gasteiger charge is 2.35. The van der Waals surface area contributed by atoms with Crippen LogP contribution in [0.3, 0.4) is 0 Å². The molecule has 2 unspecified atom stereocenters. The first-order chi connectivity index (χ1) is 10.0. The van der Waals surface area contributed by atoms with Crippen LogP contribution in [0.5, 0.6) is 0 Å². The SMILES string of the molecule is CC1CCN(c2nc3ccccn3c(=O)c2[N+](=O)[O-])C1C. The van der Waals surface area contributed by atoms with E-state index in [2.05, 4.69) is 11.9 Å². The van der Waals surface area contributed by atoms with E-state index in [4.69, 9.17) is 0 Å². The number of pyridine rings is 1. The summed E-state index contributed by atoms with van der Waals surface area (Å²) in [4.78, 5) is 29.4. The second kappa shape index (κ2) is 4.83. The van der Waals surface area contributed by atoms with Crippen molar-refractivity contribution in [3.8, 4) is 0 Å². The minimum Gasteiger partial charge on any atom is -0.348 e. The molecule has 1 aliphatic rings. The van der Waals surface area contributed by atoms with Crippen LogP contribution in [-0.2, 0) is 0 Å². The summed E-state index contributed by atoms with van der Waals surface area (Å²) < 4.78 is 1.21. The molecule has 3 rings (SSSR count). The lowest BCUT2D eigenvalue weighted by Gasteiger charge is -2.24. The van der Waals surface area contributed by atoms with Crippen LogP contribution in [0.2, 0.25) is 0 Å². The lowest BCUT2D eigenvalue weighted by molar-refractivity contribution is -0.385. The highest BCUT2D eigenvalue weighted by molar-refractivity contribution is 5.62. The normalized spacial score (nSPS) is 21.9. The van der Waals surface area contributed by atoms with E-state index in [0.29, 0.717) is 18.1 Å². The average molecular weight is 288 g/mol. The fourth-order valence-electron chi connectivity index (χ4n) is 2.82. The Morgan fingerprint density at radius 1 is 1.38 bits per heavy atom. The largest absolute Gasteiger partial charge is 0.376 e. The van der Waals surface area contributed by atoms with Crippen LogP contribution in [0.4, 0.5) is 11.5 Å². The molecule has 0 bridgehead atoms. The Hall–Kier alpha value is -2.44. The van der Waals surface area contributed by atoms with Crippen molar-refractivity contribution in [3.05, 3.63) is 44.9 Å². The molecule has 7 heteroatoms. The first-order valence-electron chi connectivity index (χ1n) is 6.93. The molecule has 0 radical (unpaired) electrons. The Labute approximate surface area is 121 Å². The molecule has 7 nitrogen and oxygen atoms in total. The van der Waals surface area contributed by atoms with E-state index in [1.165, 1.54) is 10.6 Å². The highest BCUT2D eigenvalue weighted by Crippen LogP contribution is 2.32. The zero-order chi connectivity index (χ0) is 15.1. The maximum absolute atomic E-state index is 12.4. The fraction of sp³-hybridized carbons (Fsp3) is 0.429. The van der Waals surface area contributed by atoms with Gasteiger partial charge in [0.15, 0.2) is 0 Å². The molecule has 0 amide bonds. The van der Waals surface area contributed by atoms with Gasteiger partial charge < -0.3 is 4.90 Å². The van der Waals surface area contributed by atoms with Crippen molar-refractivity contribution >= 4 is 17.2 Å². The number of nitrogens with zero attached hydrogens (tertiary/aromatic N) is 4. The predicted octanol–water partition coefficient (Wildman–Crippen LogP) is 1.84. The summed E-state index contributed by atoms with van der Waals surface area (Å²) in [6.45, 7) is 4.79. The molecule has 2 atom stereocenters. The van der Waals surface area contributed by atoms with Gasteiger partial charge in [0.05, 0.1) is 4.92 Å². The Morgan fingerprint density at radius 2 is 2.14 bits per heavy atom. The van der Waals surface area contributed by atoms with E-state index in [1.807, 2.05) is 11.8 Å². The molecule has 0 aromatic carbocycles. The minimum absolute atomic E-state index is 0.127. The van der Waals surface area contributed by atoms with Crippen LogP contribution in [0.1, 0.15) is 20.3 Å². The van der Waals surface area contributed by atoms with Gasteiger partial charge in [-0.2, -0.15) is 0 Å². The van der Waals surface area contributed by atoms with Gasteiger partial charge in [-0.1, -0.05) is 13.0 Å². The maximum Gasteiger partial charge on any atom is 0.376 e. The van der Waals surface area contributed by atoms with E-state index in [9.17, 15) is 14.9 Å². The molecule has 21 heavy (non-hydrogen) atoms. The van der Waals surface area contributed by atoms with Crippen LogP contribution < -0.4 is 10.5 Å². The number of hydrogen-bond donors (Lipinski definition) is 0. The Balaban J connectivity index is 2.28. The van der Waals surface area contributed by atoms with E-state index in [0.717, 1.165) is 6.42 Å². The first-order valence-corrected chi connectivity index (χ1v) is 6.93. The molecular formula is C14H16N4O3. The van der Waals surface area contributed by atoms with Gasteiger partial charge in [0.1, 0.15) is 5.65 Å². The van der Waals surface area contributed by atoms with Crippen LogP contribution >= 0.6 is 0 Å². The summed E-state index contributed by atoms with van der Waals surface area (Å²) in [5, 5.41) is 11.4. The number of hydrogen-bond acceptors (Lipinski definition) is 5. The van der Waals surface area contributed by atoms with E-state index in [-0.39, 0.29) is 11.9 Å². The molecule has 3 heterocycles. The fourth-order valence-corrected chi connectivity index (χ4v) is 2.82. The second-order valence-electron chi connectivity index (χ2n) is 5.48. The van der Waals surface area contributed by atoms with Gasteiger partial charge in [-0.15, -0.1) is 0 Å². The van der Waals surface area contributed by atoms with E-state index < -0.39 is 16.2 Å². The van der Waals surface area contributed by atoms with Crippen LogP contribution in [0.15, 0.2) is 29.2 Å². The monoisotopic (exact) mass is 288 g/mol. The van der Waals surface area contributed by atoms with Crippen LogP contribution in [0, 0.1) is 16.0 Å². The predicted molar refractivity (Wildman–Crippen MR) is 78.7 cm³/mol. The smallest absolute Gasteiger partial charge is 0.348 e. The lowest BCUT2D eigenvalue weighted by atomic mass is 10.1. The molecule has 0 saturated carbocycles. The molecule has 110 valence electrons. The molecule has 0 N–H and O–H groups in total. The van der Waals surface area contributed by atoms with Crippen molar-refractivity contribution in [1.29, 1.82) is 0 Å². The summed E-state index contributed by atoms with van der Waals surface area (Å²) in [5.41, 5.74) is -0.651. The quantitative estimate of drug-likeness (QED) is 0.622. The third-order valence-corrected chi connectivity index (χ3v) is 4.29. The zero-order valence-corrected chi connectivity index (χ0v) is 11.9. The number of fused-ring (bicyclic) bond motifs is 1. The van der Waals surface area contributed by atoms with Crippen molar-refractivity contribution in [2.24, 2.45) is 5.92 Å². The molecule has 1 aliphatic heterocycles. The second-order valence-corrected chi connectivity index (χ2v) is 5.48. The van der Waals surface area contributed by atoms with Gasteiger partial charge in [-0.05, 0) is 31.4 Å². The Morgan fingerprint density at radius 3 is 2.76 bits per heavy atom. The molecule has 1 saturated heterocycles. The Kier molecular flexibility index (Phi) is 3.12. The minimum atomic E-state index is -0.632. The molecule has 2 aromatic rings. The van der Waals surface area contributed by atoms with Crippen molar-refractivity contribution in [2.75, 3.05) is 11.4 Å². The van der Waals surface area contributed by atoms with Gasteiger partial charge >= 0.3 is 11.2 Å². The molecule has 0 aliphatic carbocycles.